The Hall–Kier alpha value is -3.14. The van der Waals surface area contributed by atoms with Crippen molar-refractivity contribution >= 4 is 21.9 Å². The molecule has 1 aromatic heterocycles. The number of phenolic OH excluding ortho intramolecular Hbond substituents is 1. The number of aryl methyl sites for hydroxylation is 2. The first kappa shape index (κ1) is 16.3. The van der Waals surface area contributed by atoms with Crippen molar-refractivity contribution < 1.29 is 19.0 Å². The van der Waals surface area contributed by atoms with Gasteiger partial charge in [0.2, 0.25) is 0 Å². The summed E-state index contributed by atoms with van der Waals surface area (Å²) in [5.41, 5.74) is 5.27. The first-order chi connectivity index (χ1) is 12.5. The molecule has 0 fully saturated rings. The van der Waals surface area contributed by atoms with E-state index in [9.17, 15) is 5.11 Å². The fraction of sp³-hybridized carbons (Fsp3) is 0.182. The first-order valence-electron chi connectivity index (χ1n) is 8.41. The summed E-state index contributed by atoms with van der Waals surface area (Å²) < 4.78 is 17.0. The van der Waals surface area contributed by atoms with Gasteiger partial charge >= 0.3 is 0 Å². The van der Waals surface area contributed by atoms with Crippen molar-refractivity contribution in [1.82, 2.24) is 0 Å². The molecule has 1 heterocycles. The highest BCUT2D eigenvalue weighted by atomic mass is 16.5. The number of phenols is 1. The van der Waals surface area contributed by atoms with Crippen LogP contribution in [0.5, 0.6) is 17.2 Å². The zero-order valence-corrected chi connectivity index (χ0v) is 15.2. The molecule has 0 spiro atoms. The van der Waals surface area contributed by atoms with Gasteiger partial charge < -0.3 is 19.0 Å². The standard InChI is InChI=1S/C22H20O4/c1-12-5-7-14(17(23)9-12)15-8-6-13(2)22-21(15)16-10-19(24-3)20(25-4)11-18(16)26-22/h5-11,23H,1-4H3. The molecule has 132 valence electrons. The Morgan fingerprint density at radius 1 is 0.846 bits per heavy atom. The quantitative estimate of drug-likeness (QED) is 0.524. The van der Waals surface area contributed by atoms with E-state index in [0.29, 0.717) is 11.5 Å². The largest absolute Gasteiger partial charge is 0.507 e. The number of hydrogen-bond donors (Lipinski definition) is 1. The van der Waals surface area contributed by atoms with Crippen molar-refractivity contribution in [2.24, 2.45) is 0 Å². The smallest absolute Gasteiger partial charge is 0.164 e. The molecular formula is C22H20O4. The van der Waals surface area contributed by atoms with Crippen LogP contribution in [0.25, 0.3) is 33.1 Å². The summed E-state index contributed by atoms with van der Waals surface area (Å²) >= 11 is 0. The summed E-state index contributed by atoms with van der Waals surface area (Å²) in [5.74, 6) is 1.52. The van der Waals surface area contributed by atoms with Crippen LogP contribution in [0.4, 0.5) is 0 Å². The number of benzene rings is 3. The maximum absolute atomic E-state index is 10.5. The van der Waals surface area contributed by atoms with Crippen LogP contribution >= 0.6 is 0 Å². The third-order valence-corrected chi connectivity index (χ3v) is 4.77. The Morgan fingerprint density at radius 3 is 2.23 bits per heavy atom. The molecule has 0 amide bonds. The summed E-state index contributed by atoms with van der Waals surface area (Å²) in [6, 6.07) is 13.5. The lowest BCUT2D eigenvalue weighted by Gasteiger charge is -2.09. The van der Waals surface area contributed by atoms with Gasteiger partial charge in [0.1, 0.15) is 16.9 Å². The topological polar surface area (TPSA) is 51.8 Å². The number of rotatable bonds is 3. The Kier molecular flexibility index (Phi) is 3.76. The van der Waals surface area contributed by atoms with E-state index in [4.69, 9.17) is 13.9 Å². The van der Waals surface area contributed by atoms with Gasteiger partial charge in [-0.1, -0.05) is 24.3 Å². The minimum Gasteiger partial charge on any atom is -0.507 e. The van der Waals surface area contributed by atoms with E-state index in [-0.39, 0.29) is 5.75 Å². The van der Waals surface area contributed by atoms with E-state index in [2.05, 4.69) is 0 Å². The molecule has 0 bridgehead atoms. The van der Waals surface area contributed by atoms with Gasteiger partial charge in [0.25, 0.3) is 0 Å². The van der Waals surface area contributed by atoms with E-state index in [1.54, 1.807) is 20.3 Å². The minimum absolute atomic E-state index is 0.255. The van der Waals surface area contributed by atoms with Crippen molar-refractivity contribution in [2.75, 3.05) is 14.2 Å². The van der Waals surface area contributed by atoms with Gasteiger partial charge in [-0.3, -0.25) is 0 Å². The molecule has 0 aliphatic rings. The van der Waals surface area contributed by atoms with Crippen LogP contribution in [0.3, 0.4) is 0 Å². The van der Waals surface area contributed by atoms with E-state index < -0.39 is 0 Å². The molecule has 0 atom stereocenters. The van der Waals surface area contributed by atoms with E-state index in [0.717, 1.165) is 44.2 Å². The van der Waals surface area contributed by atoms with Crippen molar-refractivity contribution in [2.45, 2.75) is 13.8 Å². The molecule has 4 aromatic rings. The molecule has 0 unspecified atom stereocenters. The fourth-order valence-corrected chi connectivity index (χ4v) is 3.43. The van der Waals surface area contributed by atoms with Crippen molar-refractivity contribution in [3.63, 3.8) is 0 Å². The molecule has 4 nitrogen and oxygen atoms in total. The number of fused-ring (bicyclic) bond motifs is 3. The summed E-state index contributed by atoms with van der Waals surface area (Å²) in [4.78, 5) is 0. The summed E-state index contributed by atoms with van der Waals surface area (Å²) in [7, 11) is 3.22. The average Bonchev–Trinajstić information content (AvgIpc) is 3.01. The molecule has 0 radical (unpaired) electrons. The van der Waals surface area contributed by atoms with Crippen LogP contribution in [0.1, 0.15) is 11.1 Å². The van der Waals surface area contributed by atoms with Gasteiger partial charge in [-0.15, -0.1) is 0 Å². The summed E-state index contributed by atoms with van der Waals surface area (Å²) in [6.45, 7) is 3.97. The van der Waals surface area contributed by atoms with Gasteiger partial charge in [0.05, 0.1) is 14.2 Å². The second-order valence-electron chi connectivity index (χ2n) is 6.46. The SMILES string of the molecule is COc1cc2oc3c(C)ccc(-c4ccc(C)cc4O)c3c2cc1OC. The summed E-state index contributed by atoms with van der Waals surface area (Å²) in [5, 5.41) is 12.4. The van der Waals surface area contributed by atoms with E-state index >= 15 is 0 Å². The lowest BCUT2D eigenvalue weighted by Crippen LogP contribution is -1.90. The van der Waals surface area contributed by atoms with Gasteiger partial charge in [-0.05, 0) is 42.7 Å². The predicted molar refractivity (Wildman–Crippen MR) is 103 cm³/mol. The number of hydrogen-bond acceptors (Lipinski definition) is 4. The molecule has 3 aromatic carbocycles. The van der Waals surface area contributed by atoms with E-state index in [1.165, 1.54) is 0 Å². The lowest BCUT2D eigenvalue weighted by atomic mass is 9.96. The number of furan rings is 1. The van der Waals surface area contributed by atoms with E-state index in [1.807, 2.05) is 50.2 Å². The lowest BCUT2D eigenvalue weighted by molar-refractivity contribution is 0.355. The van der Waals surface area contributed by atoms with Crippen LogP contribution < -0.4 is 9.47 Å². The number of aromatic hydroxyl groups is 1. The molecule has 0 aliphatic carbocycles. The van der Waals surface area contributed by atoms with Crippen molar-refractivity contribution in [3.8, 4) is 28.4 Å². The highest BCUT2D eigenvalue weighted by molar-refractivity contribution is 6.14. The van der Waals surface area contributed by atoms with Crippen molar-refractivity contribution in [3.05, 3.63) is 53.6 Å². The first-order valence-corrected chi connectivity index (χ1v) is 8.41. The van der Waals surface area contributed by atoms with Crippen molar-refractivity contribution in [1.29, 1.82) is 0 Å². The monoisotopic (exact) mass is 348 g/mol. The normalized spacial score (nSPS) is 11.2. The predicted octanol–water partition coefficient (Wildman–Crippen LogP) is 5.59. The Bertz CT molecular complexity index is 1140. The van der Waals surface area contributed by atoms with Crippen LogP contribution in [0, 0.1) is 13.8 Å². The Labute approximate surface area is 151 Å². The van der Waals surface area contributed by atoms with Crippen LogP contribution in [-0.2, 0) is 0 Å². The third-order valence-electron chi connectivity index (χ3n) is 4.77. The second kappa shape index (κ2) is 5.99. The molecule has 4 heteroatoms. The number of ether oxygens (including phenoxy) is 2. The maximum atomic E-state index is 10.5. The van der Waals surface area contributed by atoms with Gasteiger partial charge in [-0.2, -0.15) is 0 Å². The molecule has 26 heavy (non-hydrogen) atoms. The van der Waals surface area contributed by atoms with Gasteiger partial charge in [0.15, 0.2) is 11.5 Å². The maximum Gasteiger partial charge on any atom is 0.164 e. The molecule has 1 N–H and O–H groups in total. The highest BCUT2D eigenvalue weighted by Gasteiger charge is 2.19. The molecule has 4 rings (SSSR count). The Balaban J connectivity index is 2.13. The summed E-state index contributed by atoms with van der Waals surface area (Å²) in [6.07, 6.45) is 0. The third kappa shape index (κ3) is 2.37. The number of methoxy groups -OCH3 is 2. The van der Waals surface area contributed by atoms with Crippen LogP contribution in [0.2, 0.25) is 0 Å². The van der Waals surface area contributed by atoms with Crippen LogP contribution in [-0.4, -0.2) is 19.3 Å². The molecule has 0 saturated heterocycles. The van der Waals surface area contributed by atoms with Gasteiger partial charge in [-0.25, -0.2) is 0 Å². The Morgan fingerprint density at radius 2 is 1.54 bits per heavy atom. The second-order valence-corrected chi connectivity index (χ2v) is 6.46. The minimum atomic E-state index is 0.255. The fourth-order valence-electron chi connectivity index (χ4n) is 3.43. The molecular weight excluding hydrogens is 328 g/mol. The highest BCUT2D eigenvalue weighted by Crippen LogP contribution is 2.44. The molecule has 0 aliphatic heterocycles. The molecule has 0 saturated carbocycles. The zero-order valence-electron chi connectivity index (χ0n) is 15.2. The average molecular weight is 348 g/mol. The zero-order chi connectivity index (χ0) is 18.4. The van der Waals surface area contributed by atoms with Crippen LogP contribution in [0.15, 0.2) is 46.9 Å². The van der Waals surface area contributed by atoms with Gasteiger partial charge in [0, 0.05) is 22.4 Å².